The second-order valence-corrected chi connectivity index (χ2v) is 27.9. The normalized spacial score (nSPS) is 15.3. The fourth-order valence-electron chi connectivity index (χ4n) is 13.1. The Morgan fingerprint density at radius 2 is 0.868 bits per heavy atom. The molecule has 6 aromatic carbocycles. The first kappa shape index (κ1) is 82.8. The van der Waals surface area contributed by atoms with Gasteiger partial charge in [-0.05, 0) is 121 Å². The molecule has 10 atom stereocenters. The zero-order chi connectivity index (χ0) is 76.7. The van der Waals surface area contributed by atoms with E-state index in [-0.39, 0.29) is 69.2 Å². The van der Waals surface area contributed by atoms with E-state index in [4.69, 9.17) is 5.73 Å². The number of aromatic hydroxyl groups is 1. The van der Waals surface area contributed by atoms with Gasteiger partial charge in [-0.15, -0.1) is 0 Å². The molecule has 0 bridgehead atoms. The summed E-state index contributed by atoms with van der Waals surface area (Å²) in [4.78, 5) is 158. The standard InChI is InChI=1S/C81H106N12O13/c1-7-23-61(24-8-2)83-41-21-20-33-63(73(98)87-66(46-55-27-14-10-15-28-55)77(102)91-69(43-51(3)4)81(106)93-42-22-34-71(93)80(105)84-52(5)72(82)97)86-75(100)68(48-57-36-39-62(96)40-37-57)90-79(104)70(50-94)92-78(103)67(47-56-29-16-11-17-30-56)89-76(101)65(45-54-25-12-9-13-26-54)88-74(99)64(85-53(6)95)49-58-35-38-59-31-18-19-32-60(59)44-58/h9-19,25-32,35-40,44,51-52,61,63-71,83,94,96H,7-8,20-24,33-34,41-43,45-50H2,1-6H3,(H2,82,97)(H,84,105)(H,85,95)(H,86,100)(H,87,98)(H,88,99)(H,89,101)(H,90,104)(H,91,102)(H,92,103)/t52-,63-,64-,65-,66-,67-,68-,69-,70-,71+/m0/s1. The van der Waals surface area contributed by atoms with Gasteiger partial charge < -0.3 is 74.0 Å². The Morgan fingerprint density at radius 3 is 1.33 bits per heavy atom. The predicted octanol–water partition coefficient (Wildman–Crippen LogP) is 4.71. The first-order valence-electron chi connectivity index (χ1n) is 36.9. The molecule has 568 valence electrons. The average molecular weight is 1460 g/mol. The lowest BCUT2D eigenvalue weighted by molar-refractivity contribution is -0.142. The van der Waals surface area contributed by atoms with Gasteiger partial charge in [0, 0.05) is 51.6 Å². The molecule has 0 aromatic heterocycles. The highest BCUT2D eigenvalue weighted by Crippen LogP contribution is 2.23. The molecule has 0 aliphatic carbocycles. The SMILES string of the molecule is CCCC(CCC)NCCCC[C@H](NC(=O)[C@H](Cc1ccc(O)cc1)NC(=O)[C@H](CO)NC(=O)[C@H](Cc1ccccc1)NC(=O)[C@H](Cc1ccccc1)NC(=O)[C@H](Cc1ccc2ccccc2c1)NC(C)=O)C(=O)N[C@@H](Cc1ccccc1)C(=O)N[C@@H](CC(C)C)C(=O)N1CCC[C@@H]1C(=O)N[C@@H](C)C(N)=O. The molecule has 0 radical (unpaired) electrons. The number of likely N-dealkylation sites (tertiary alicyclic amines) is 1. The number of fused-ring (bicyclic) bond motifs is 1. The molecule has 1 heterocycles. The average Bonchev–Trinajstić information content (AvgIpc) is 1.52. The number of carbonyl (C=O) groups is 11. The third-order valence-electron chi connectivity index (χ3n) is 18.7. The summed E-state index contributed by atoms with van der Waals surface area (Å²) in [6.45, 7) is 10.5. The molecule has 14 N–H and O–H groups in total. The van der Waals surface area contributed by atoms with Gasteiger partial charge in [-0.1, -0.05) is 186 Å². The number of hydrogen-bond donors (Lipinski definition) is 13. The number of aliphatic hydroxyl groups is 1. The van der Waals surface area contributed by atoms with Crippen molar-refractivity contribution in [3.63, 3.8) is 0 Å². The van der Waals surface area contributed by atoms with Gasteiger partial charge in [0.15, 0.2) is 0 Å². The molecule has 1 fully saturated rings. The second-order valence-electron chi connectivity index (χ2n) is 27.9. The third-order valence-corrected chi connectivity index (χ3v) is 18.7. The van der Waals surface area contributed by atoms with Crippen LogP contribution < -0.4 is 58.9 Å². The van der Waals surface area contributed by atoms with Crippen LogP contribution in [0.5, 0.6) is 5.75 Å². The first-order chi connectivity index (χ1) is 50.9. The van der Waals surface area contributed by atoms with Crippen molar-refractivity contribution >= 4 is 75.8 Å². The Kier molecular flexibility index (Phi) is 33.1. The number of phenolic OH excluding ortho intramolecular Hbond substituents is 1. The van der Waals surface area contributed by atoms with Crippen LogP contribution >= 0.6 is 0 Å². The highest BCUT2D eigenvalue weighted by Gasteiger charge is 2.41. The number of carbonyl (C=O) groups excluding carboxylic acids is 11. The van der Waals surface area contributed by atoms with Gasteiger partial charge in [-0.3, -0.25) is 52.7 Å². The number of nitrogens with two attached hydrogens (primary N) is 1. The number of benzene rings is 6. The van der Waals surface area contributed by atoms with Gasteiger partial charge in [-0.2, -0.15) is 0 Å². The van der Waals surface area contributed by atoms with Crippen LogP contribution in [0.1, 0.15) is 134 Å². The van der Waals surface area contributed by atoms with Crippen LogP contribution in [0.25, 0.3) is 10.8 Å². The van der Waals surface area contributed by atoms with E-state index in [1.54, 1.807) is 91.0 Å². The monoisotopic (exact) mass is 1450 g/mol. The van der Waals surface area contributed by atoms with Crippen molar-refractivity contribution in [2.24, 2.45) is 11.7 Å². The molecule has 106 heavy (non-hydrogen) atoms. The second kappa shape index (κ2) is 42.4. The minimum absolute atomic E-state index is 0.0349. The molecule has 0 spiro atoms. The van der Waals surface area contributed by atoms with Crippen LogP contribution in [0.3, 0.4) is 0 Å². The Morgan fingerprint density at radius 1 is 0.462 bits per heavy atom. The lowest BCUT2D eigenvalue weighted by Crippen LogP contribution is -2.61. The van der Waals surface area contributed by atoms with Crippen molar-refractivity contribution < 1.29 is 63.0 Å². The van der Waals surface area contributed by atoms with E-state index in [2.05, 4.69) is 67.0 Å². The summed E-state index contributed by atoms with van der Waals surface area (Å²) < 4.78 is 0. The van der Waals surface area contributed by atoms with E-state index in [1.165, 1.54) is 43.0 Å². The smallest absolute Gasteiger partial charge is 0.245 e. The van der Waals surface area contributed by atoms with E-state index in [1.807, 2.05) is 56.3 Å². The highest BCUT2D eigenvalue weighted by molar-refractivity contribution is 5.99. The number of nitrogens with zero attached hydrogens (tertiary/aromatic N) is 1. The third kappa shape index (κ3) is 26.6. The van der Waals surface area contributed by atoms with E-state index in [0.717, 1.165) is 42.0 Å². The van der Waals surface area contributed by atoms with E-state index >= 15 is 9.59 Å². The Bertz CT molecular complexity index is 3880. The van der Waals surface area contributed by atoms with Crippen molar-refractivity contribution in [3.8, 4) is 5.75 Å². The first-order valence-corrected chi connectivity index (χ1v) is 36.9. The summed E-state index contributed by atoms with van der Waals surface area (Å²) in [6, 6.07) is 32.7. The molecular formula is C81H106N12O13. The molecule has 11 amide bonds. The van der Waals surface area contributed by atoms with Crippen LogP contribution in [0, 0.1) is 5.92 Å². The lowest BCUT2D eigenvalue weighted by Gasteiger charge is -2.31. The zero-order valence-corrected chi connectivity index (χ0v) is 61.6. The maximum atomic E-state index is 15.2. The molecule has 1 saturated heterocycles. The number of primary amides is 1. The predicted molar refractivity (Wildman–Crippen MR) is 405 cm³/mol. The van der Waals surface area contributed by atoms with Crippen molar-refractivity contribution in [1.82, 2.24) is 58.1 Å². The van der Waals surface area contributed by atoms with Gasteiger partial charge in [0.25, 0.3) is 0 Å². The van der Waals surface area contributed by atoms with Crippen molar-refractivity contribution in [2.45, 2.75) is 204 Å². The molecule has 1 aliphatic heterocycles. The maximum absolute atomic E-state index is 15.2. The molecule has 25 nitrogen and oxygen atoms in total. The Labute approximate surface area is 620 Å². The molecule has 7 rings (SSSR count). The molecule has 25 heteroatoms. The van der Waals surface area contributed by atoms with Crippen LogP contribution in [-0.4, -0.2) is 166 Å². The summed E-state index contributed by atoms with van der Waals surface area (Å²) in [5.74, 6) is -8.43. The number of hydrogen-bond acceptors (Lipinski definition) is 14. The van der Waals surface area contributed by atoms with Crippen molar-refractivity contribution in [2.75, 3.05) is 19.7 Å². The summed E-state index contributed by atoms with van der Waals surface area (Å²) in [5, 5.41) is 51.7. The molecule has 6 aromatic rings. The van der Waals surface area contributed by atoms with Crippen molar-refractivity contribution in [1.29, 1.82) is 0 Å². The summed E-state index contributed by atoms with van der Waals surface area (Å²) >= 11 is 0. The Balaban J connectivity index is 1.15. The summed E-state index contributed by atoms with van der Waals surface area (Å²) in [5.41, 5.74) is 8.50. The fraction of sp³-hybridized carbons (Fsp3) is 0.444. The Hall–Kier alpha value is -10.5. The zero-order valence-electron chi connectivity index (χ0n) is 61.6. The van der Waals surface area contributed by atoms with E-state index < -0.39 is 132 Å². The lowest BCUT2D eigenvalue weighted by atomic mass is 9.99. The van der Waals surface area contributed by atoms with Crippen LogP contribution in [0.15, 0.2) is 158 Å². The molecular weight excluding hydrogens is 1350 g/mol. The van der Waals surface area contributed by atoms with E-state index in [0.29, 0.717) is 54.5 Å². The number of amides is 11. The number of phenols is 1. The minimum atomic E-state index is -1.77. The van der Waals surface area contributed by atoms with Gasteiger partial charge >= 0.3 is 0 Å². The quantitative estimate of drug-likeness (QED) is 0.0231. The minimum Gasteiger partial charge on any atom is -0.508 e. The number of nitrogens with one attached hydrogen (secondary N) is 10. The van der Waals surface area contributed by atoms with Gasteiger partial charge in [0.1, 0.15) is 66.2 Å². The summed E-state index contributed by atoms with van der Waals surface area (Å²) in [7, 11) is 0. The van der Waals surface area contributed by atoms with Crippen molar-refractivity contribution in [3.05, 3.63) is 186 Å². The highest BCUT2D eigenvalue weighted by atomic mass is 16.3. The largest absolute Gasteiger partial charge is 0.508 e. The van der Waals surface area contributed by atoms with Gasteiger partial charge in [0.05, 0.1) is 6.61 Å². The van der Waals surface area contributed by atoms with Crippen LogP contribution in [-0.2, 0) is 84.8 Å². The van der Waals surface area contributed by atoms with Gasteiger partial charge in [-0.25, -0.2) is 0 Å². The number of aliphatic hydroxyl groups excluding tert-OH is 1. The van der Waals surface area contributed by atoms with E-state index in [9.17, 15) is 53.4 Å². The number of unbranched alkanes of at least 4 members (excludes halogenated alkanes) is 1. The van der Waals surface area contributed by atoms with Gasteiger partial charge in [0.2, 0.25) is 65.0 Å². The number of rotatable bonds is 42. The molecule has 0 unspecified atom stereocenters. The van der Waals surface area contributed by atoms with Crippen LogP contribution in [0.2, 0.25) is 0 Å². The molecule has 1 aliphatic rings. The molecule has 0 saturated carbocycles. The maximum Gasteiger partial charge on any atom is 0.245 e. The topological polar surface area (TPSA) is 378 Å². The summed E-state index contributed by atoms with van der Waals surface area (Å²) in [6.07, 6.45) is 5.33. The fourth-order valence-corrected chi connectivity index (χ4v) is 13.1. The van der Waals surface area contributed by atoms with Crippen LogP contribution in [0.4, 0.5) is 0 Å².